The first-order valence-electron chi connectivity index (χ1n) is 9.50. The molecule has 2 aromatic rings. The highest BCUT2D eigenvalue weighted by molar-refractivity contribution is 7.09. The van der Waals surface area contributed by atoms with Gasteiger partial charge in [-0.05, 0) is 42.3 Å². The lowest BCUT2D eigenvalue weighted by Gasteiger charge is -2.41. The van der Waals surface area contributed by atoms with Crippen molar-refractivity contribution in [3.63, 3.8) is 0 Å². The van der Waals surface area contributed by atoms with Gasteiger partial charge < -0.3 is 14.9 Å². The molecule has 2 aliphatic rings. The number of rotatable bonds is 5. The summed E-state index contributed by atoms with van der Waals surface area (Å²) < 4.78 is 0. The molecule has 0 bridgehead atoms. The summed E-state index contributed by atoms with van der Waals surface area (Å²) in [4.78, 5) is 22.2. The molecule has 1 amide bonds. The Morgan fingerprint density at radius 3 is 2.78 bits per heavy atom. The second kappa shape index (κ2) is 7.82. The highest BCUT2D eigenvalue weighted by Crippen LogP contribution is 2.28. The van der Waals surface area contributed by atoms with Crippen molar-refractivity contribution in [3.05, 3.63) is 52.2 Å². The predicted octanol–water partition coefficient (Wildman–Crippen LogP) is 3.21. The van der Waals surface area contributed by atoms with Crippen molar-refractivity contribution in [1.29, 1.82) is 0 Å². The minimum absolute atomic E-state index is 0.193. The van der Waals surface area contributed by atoms with E-state index in [1.54, 1.807) is 11.3 Å². The molecule has 1 aromatic heterocycles. The SMILES string of the molecule is O=C(CCc1cccs1)N1CCC(O)(CN2C=Nc3ccccc3C2)CC1. The minimum atomic E-state index is -0.761. The Kier molecular flexibility index (Phi) is 5.27. The van der Waals surface area contributed by atoms with Gasteiger partial charge in [-0.3, -0.25) is 4.79 Å². The van der Waals surface area contributed by atoms with Gasteiger partial charge in [0.15, 0.2) is 0 Å². The van der Waals surface area contributed by atoms with E-state index in [0.29, 0.717) is 38.9 Å². The first kappa shape index (κ1) is 18.2. The van der Waals surface area contributed by atoms with Gasteiger partial charge in [0.25, 0.3) is 0 Å². The number of piperidine rings is 1. The molecule has 0 spiro atoms. The summed E-state index contributed by atoms with van der Waals surface area (Å²) in [5.74, 6) is 0.193. The van der Waals surface area contributed by atoms with Gasteiger partial charge in [0.1, 0.15) is 0 Å². The van der Waals surface area contributed by atoms with E-state index in [-0.39, 0.29) is 5.91 Å². The van der Waals surface area contributed by atoms with Gasteiger partial charge in [-0.2, -0.15) is 0 Å². The second-order valence-electron chi connectivity index (χ2n) is 7.46. The first-order valence-corrected chi connectivity index (χ1v) is 10.4. The Morgan fingerprint density at radius 1 is 1.19 bits per heavy atom. The van der Waals surface area contributed by atoms with Gasteiger partial charge in [0, 0.05) is 37.5 Å². The highest BCUT2D eigenvalue weighted by atomic mass is 32.1. The van der Waals surface area contributed by atoms with E-state index in [9.17, 15) is 9.90 Å². The lowest BCUT2D eigenvalue weighted by molar-refractivity contribution is -0.135. The number of aliphatic imine (C=N–C) groups is 1. The zero-order valence-corrected chi connectivity index (χ0v) is 16.2. The van der Waals surface area contributed by atoms with Crippen LogP contribution >= 0.6 is 11.3 Å². The van der Waals surface area contributed by atoms with Crippen molar-refractivity contribution < 1.29 is 9.90 Å². The number of likely N-dealkylation sites (tertiary alicyclic amines) is 1. The summed E-state index contributed by atoms with van der Waals surface area (Å²) in [6.45, 7) is 2.58. The molecule has 4 rings (SSSR count). The summed E-state index contributed by atoms with van der Waals surface area (Å²) in [7, 11) is 0. The number of hydrogen-bond acceptors (Lipinski definition) is 5. The third-order valence-electron chi connectivity index (χ3n) is 5.43. The average molecular weight is 384 g/mol. The van der Waals surface area contributed by atoms with E-state index < -0.39 is 5.60 Å². The number of amides is 1. The van der Waals surface area contributed by atoms with Crippen LogP contribution in [0, 0.1) is 0 Å². The standard InChI is InChI=1S/C21H25N3O2S/c25-20(8-7-18-5-3-13-27-18)24-11-9-21(26,10-12-24)15-23-14-17-4-1-2-6-19(17)22-16-23/h1-6,13,16,26H,7-12,14-15H2. The number of fused-ring (bicyclic) bond motifs is 1. The molecule has 1 saturated heterocycles. The molecule has 6 heteroatoms. The lowest BCUT2D eigenvalue weighted by Crippen LogP contribution is -2.52. The molecule has 2 aliphatic heterocycles. The monoisotopic (exact) mass is 383 g/mol. The summed E-state index contributed by atoms with van der Waals surface area (Å²) in [6.07, 6.45) is 4.42. The number of carbonyl (C=O) groups excluding carboxylic acids is 1. The number of aryl methyl sites for hydroxylation is 1. The normalized spacial score (nSPS) is 18.4. The molecule has 0 radical (unpaired) electrons. The van der Waals surface area contributed by atoms with Crippen molar-refractivity contribution in [2.24, 2.45) is 4.99 Å². The van der Waals surface area contributed by atoms with Gasteiger partial charge in [0.05, 0.1) is 17.6 Å². The van der Waals surface area contributed by atoms with E-state index >= 15 is 0 Å². The van der Waals surface area contributed by atoms with E-state index in [1.165, 1.54) is 10.4 Å². The maximum absolute atomic E-state index is 12.4. The minimum Gasteiger partial charge on any atom is -0.388 e. The van der Waals surface area contributed by atoms with Crippen molar-refractivity contribution in [3.8, 4) is 0 Å². The molecule has 142 valence electrons. The number of β-amino-alcohol motifs (C(OH)–C–C–N with tert-alkyl or cyclic N) is 1. The third-order valence-corrected chi connectivity index (χ3v) is 6.37. The molecule has 3 heterocycles. The summed E-state index contributed by atoms with van der Waals surface area (Å²) >= 11 is 1.70. The summed E-state index contributed by atoms with van der Waals surface area (Å²) in [5, 5.41) is 13.1. The van der Waals surface area contributed by atoms with Crippen LogP contribution in [-0.4, -0.2) is 52.4 Å². The van der Waals surface area contributed by atoms with Crippen LogP contribution in [0.25, 0.3) is 0 Å². The Bertz CT molecular complexity index is 811. The van der Waals surface area contributed by atoms with Crippen molar-refractivity contribution in [1.82, 2.24) is 9.80 Å². The fourth-order valence-electron chi connectivity index (χ4n) is 3.82. The predicted molar refractivity (Wildman–Crippen MR) is 108 cm³/mol. The molecule has 27 heavy (non-hydrogen) atoms. The first-order chi connectivity index (χ1) is 13.1. The van der Waals surface area contributed by atoms with Crippen LogP contribution in [0.15, 0.2) is 46.8 Å². The van der Waals surface area contributed by atoms with Crippen molar-refractivity contribution >= 4 is 29.3 Å². The molecule has 0 aliphatic carbocycles. The molecule has 5 nitrogen and oxygen atoms in total. The fraction of sp³-hybridized carbons (Fsp3) is 0.429. The fourth-order valence-corrected chi connectivity index (χ4v) is 4.53. The van der Waals surface area contributed by atoms with Crippen LogP contribution in [0.5, 0.6) is 0 Å². The zero-order valence-electron chi connectivity index (χ0n) is 15.4. The van der Waals surface area contributed by atoms with Gasteiger partial charge in [-0.15, -0.1) is 11.3 Å². The van der Waals surface area contributed by atoms with Crippen LogP contribution in [0.2, 0.25) is 0 Å². The summed E-state index contributed by atoms with van der Waals surface area (Å²) in [6, 6.07) is 12.2. The quantitative estimate of drug-likeness (QED) is 0.863. The number of thiophene rings is 1. The van der Waals surface area contributed by atoms with E-state index in [1.807, 2.05) is 40.9 Å². The van der Waals surface area contributed by atoms with Gasteiger partial charge in [-0.1, -0.05) is 24.3 Å². The zero-order chi connectivity index (χ0) is 18.7. The highest BCUT2D eigenvalue weighted by Gasteiger charge is 2.35. The lowest BCUT2D eigenvalue weighted by atomic mass is 9.90. The largest absolute Gasteiger partial charge is 0.388 e. The number of nitrogens with zero attached hydrogens (tertiary/aromatic N) is 3. The van der Waals surface area contributed by atoms with Gasteiger partial charge in [0.2, 0.25) is 5.91 Å². The van der Waals surface area contributed by atoms with E-state index in [2.05, 4.69) is 22.0 Å². The van der Waals surface area contributed by atoms with Crippen LogP contribution in [-0.2, 0) is 17.8 Å². The van der Waals surface area contributed by atoms with Crippen molar-refractivity contribution in [2.45, 2.75) is 37.8 Å². The number of hydrogen-bond donors (Lipinski definition) is 1. The maximum Gasteiger partial charge on any atom is 0.222 e. The Labute approximate surface area is 164 Å². The smallest absolute Gasteiger partial charge is 0.222 e. The summed E-state index contributed by atoms with van der Waals surface area (Å²) in [5.41, 5.74) is 1.43. The number of benzene rings is 1. The van der Waals surface area contributed by atoms with Crippen LogP contribution in [0.3, 0.4) is 0 Å². The molecule has 0 unspecified atom stereocenters. The van der Waals surface area contributed by atoms with E-state index in [0.717, 1.165) is 18.7 Å². The molecule has 0 saturated carbocycles. The topological polar surface area (TPSA) is 56.1 Å². The molecule has 1 aromatic carbocycles. The Morgan fingerprint density at radius 2 is 2.00 bits per heavy atom. The average Bonchev–Trinajstić information content (AvgIpc) is 3.20. The third kappa shape index (κ3) is 4.39. The Balaban J connectivity index is 1.27. The number of para-hydroxylation sites is 1. The molecule has 0 atom stereocenters. The molecule has 1 N–H and O–H groups in total. The second-order valence-corrected chi connectivity index (χ2v) is 8.50. The van der Waals surface area contributed by atoms with Gasteiger partial charge >= 0.3 is 0 Å². The molecular formula is C21H25N3O2S. The van der Waals surface area contributed by atoms with Crippen molar-refractivity contribution in [2.75, 3.05) is 19.6 Å². The Hall–Kier alpha value is -2.18. The number of aliphatic hydroxyl groups is 1. The maximum atomic E-state index is 12.4. The van der Waals surface area contributed by atoms with Crippen LogP contribution in [0.1, 0.15) is 29.7 Å². The number of carbonyl (C=O) groups is 1. The molecule has 1 fully saturated rings. The molecular weight excluding hydrogens is 358 g/mol. The van der Waals surface area contributed by atoms with Gasteiger partial charge in [-0.25, -0.2) is 4.99 Å². The van der Waals surface area contributed by atoms with Crippen LogP contribution in [0.4, 0.5) is 5.69 Å². The van der Waals surface area contributed by atoms with Crippen LogP contribution < -0.4 is 0 Å². The van der Waals surface area contributed by atoms with E-state index in [4.69, 9.17) is 0 Å².